The van der Waals surface area contributed by atoms with Crippen LogP contribution in [0.5, 0.6) is 5.75 Å². The Balaban J connectivity index is 1.59. The first-order valence-corrected chi connectivity index (χ1v) is 9.32. The fourth-order valence-electron chi connectivity index (χ4n) is 3.33. The average molecular weight is 404 g/mol. The van der Waals surface area contributed by atoms with Crippen molar-refractivity contribution in [1.82, 2.24) is 19.4 Å². The Bertz CT molecular complexity index is 1060. The van der Waals surface area contributed by atoms with Gasteiger partial charge in [-0.2, -0.15) is 0 Å². The number of fused-ring (bicyclic) bond motifs is 1. The maximum atomic E-state index is 14.2. The largest absolute Gasteiger partial charge is 0.491 e. The van der Waals surface area contributed by atoms with Gasteiger partial charge in [-0.15, -0.1) is 0 Å². The van der Waals surface area contributed by atoms with E-state index in [-0.39, 0.29) is 37.4 Å². The first-order valence-electron chi connectivity index (χ1n) is 9.32. The van der Waals surface area contributed by atoms with Crippen LogP contribution >= 0.6 is 0 Å². The summed E-state index contributed by atoms with van der Waals surface area (Å²) in [4.78, 5) is 22.6. The van der Waals surface area contributed by atoms with Crippen molar-refractivity contribution in [3.05, 3.63) is 48.2 Å². The predicted molar refractivity (Wildman–Crippen MR) is 100 cm³/mol. The third-order valence-electron chi connectivity index (χ3n) is 4.88. The molecule has 0 aliphatic carbocycles. The number of nitrogens with zero attached hydrogens (tertiary/aromatic N) is 4. The van der Waals surface area contributed by atoms with Crippen molar-refractivity contribution in [2.45, 2.75) is 25.7 Å². The second kappa shape index (κ2) is 7.38. The number of halogens is 3. The number of alkyl halides is 2. The summed E-state index contributed by atoms with van der Waals surface area (Å²) in [5.74, 6) is -3.47. The van der Waals surface area contributed by atoms with E-state index in [0.29, 0.717) is 23.5 Å². The molecule has 0 atom stereocenters. The molecule has 1 aliphatic heterocycles. The lowest BCUT2D eigenvalue weighted by Crippen LogP contribution is -2.43. The number of piperidine rings is 1. The van der Waals surface area contributed by atoms with E-state index in [1.54, 1.807) is 29.8 Å². The summed E-state index contributed by atoms with van der Waals surface area (Å²) in [6, 6.07) is 6.23. The van der Waals surface area contributed by atoms with E-state index in [1.807, 2.05) is 0 Å². The molecule has 0 radical (unpaired) electrons. The molecule has 1 fully saturated rings. The van der Waals surface area contributed by atoms with Gasteiger partial charge in [0.2, 0.25) is 0 Å². The third kappa shape index (κ3) is 3.76. The minimum atomic E-state index is -2.73. The number of aromatic nitrogens is 3. The van der Waals surface area contributed by atoms with Crippen LogP contribution in [-0.2, 0) is 0 Å². The maximum Gasteiger partial charge on any atom is 0.274 e. The van der Waals surface area contributed by atoms with Gasteiger partial charge in [-0.25, -0.2) is 23.1 Å². The summed E-state index contributed by atoms with van der Waals surface area (Å²) >= 11 is 0. The molecule has 29 heavy (non-hydrogen) atoms. The van der Waals surface area contributed by atoms with Crippen molar-refractivity contribution < 1.29 is 22.7 Å². The Morgan fingerprint density at radius 1 is 1.24 bits per heavy atom. The van der Waals surface area contributed by atoms with Crippen LogP contribution in [0.25, 0.3) is 16.9 Å². The number of benzene rings is 1. The van der Waals surface area contributed by atoms with Crippen LogP contribution in [0.1, 0.15) is 30.3 Å². The van der Waals surface area contributed by atoms with Crippen molar-refractivity contribution in [2.24, 2.45) is 0 Å². The van der Waals surface area contributed by atoms with Gasteiger partial charge >= 0.3 is 0 Å². The highest BCUT2D eigenvalue weighted by atomic mass is 19.3. The van der Waals surface area contributed by atoms with Gasteiger partial charge in [0.15, 0.2) is 17.2 Å². The van der Waals surface area contributed by atoms with E-state index in [0.717, 1.165) is 0 Å². The second-order valence-electron chi connectivity index (χ2n) is 6.85. The summed E-state index contributed by atoms with van der Waals surface area (Å²) in [5.41, 5.74) is 1.54. The minimum absolute atomic E-state index is 0.0159. The molecule has 152 valence electrons. The molecule has 3 heterocycles. The van der Waals surface area contributed by atoms with Crippen molar-refractivity contribution in [2.75, 3.05) is 19.7 Å². The fourth-order valence-corrected chi connectivity index (χ4v) is 3.33. The molecule has 2 aromatic heterocycles. The van der Waals surface area contributed by atoms with E-state index in [1.165, 1.54) is 23.2 Å². The summed E-state index contributed by atoms with van der Waals surface area (Å²) in [6.07, 6.45) is 2.29. The van der Waals surface area contributed by atoms with Crippen molar-refractivity contribution in [3.63, 3.8) is 0 Å². The highest BCUT2D eigenvalue weighted by Crippen LogP contribution is 2.28. The molecule has 0 N–H and O–H groups in total. The van der Waals surface area contributed by atoms with E-state index in [9.17, 15) is 18.0 Å². The number of hydrogen-bond donors (Lipinski definition) is 0. The number of carbonyl (C=O) groups excluding carboxylic acids is 1. The van der Waals surface area contributed by atoms with Crippen LogP contribution in [-0.4, -0.2) is 51.0 Å². The van der Waals surface area contributed by atoms with Gasteiger partial charge in [-0.05, 0) is 25.1 Å². The van der Waals surface area contributed by atoms with Gasteiger partial charge in [0, 0.05) is 38.2 Å². The Morgan fingerprint density at radius 3 is 2.69 bits per heavy atom. The van der Waals surface area contributed by atoms with Crippen LogP contribution in [0, 0.1) is 5.82 Å². The molecule has 0 unspecified atom stereocenters. The number of amides is 1. The molecule has 6 nitrogen and oxygen atoms in total. The second-order valence-corrected chi connectivity index (χ2v) is 6.85. The Hall–Kier alpha value is -3.10. The van der Waals surface area contributed by atoms with Crippen molar-refractivity contribution in [1.29, 1.82) is 0 Å². The molecular formula is C20H19F3N4O2. The van der Waals surface area contributed by atoms with Gasteiger partial charge in [-0.3, -0.25) is 9.36 Å². The van der Waals surface area contributed by atoms with E-state index in [2.05, 4.69) is 9.97 Å². The molecule has 0 bridgehead atoms. The molecule has 1 aliphatic rings. The van der Waals surface area contributed by atoms with Crippen LogP contribution in [0.15, 0.2) is 36.7 Å². The number of carbonyl (C=O) groups is 1. The van der Waals surface area contributed by atoms with E-state index < -0.39 is 17.6 Å². The normalized spacial score (nSPS) is 16.2. The Labute approximate surface area is 164 Å². The SMILES string of the molecule is CCOc1ccc(-n2ccc3nc(C(=O)N4CCC(F)(F)CC4)cnc32)cc1F. The molecule has 3 aromatic rings. The summed E-state index contributed by atoms with van der Waals surface area (Å²) in [7, 11) is 0. The van der Waals surface area contributed by atoms with Gasteiger partial charge in [0.1, 0.15) is 11.2 Å². The summed E-state index contributed by atoms with van der Waals surface area (Å²) in [6.45, 7) is 2.10. The Morgan fingerprint density at radius 2 is 2.00 bits per heavy atom. The van der Waals surface area contributed by atoms with Crippen LogP contribution in [0.3, 0.4) is 0 Å². The molecule has 9 heteroatoms. The smallest absolute Gasteiger partial charge is 0.274 e. The monoisotopic (exact) mass is 404 g/mol. The molecule has 4 rings (SSSR count). The lowest BCUT2D eigenvalue weighted by molar-refractivity contribution is -0.0495. The van der Waals surface area contributed by atoms with Crippen LogP contribution < -0.4 is 4.74 Å². The van der Waals surface area contributed by atoms with Gasteiger partial charge in [-0.1, -0.05) is 0 Å². The van der Waals surface area contributed by atoms with Crippen molar-refractivity contribution >= 4 is 17.1 Å². The Kier molecular flexibility index (Phi) is 4.89. The number of ether oxygens (including phenoxy) is 1. The molecular weight excluding hydrogens is 385 g/mol. The minimum Gasteiger partial charge on any atom is -0.491 e. The number of hydrogen-bond acceptors (Lipinski definition) is 4. The molecule has 1 aromatic carbocycles. The molecule has 1 saturated heterocycles. The first-order chi connectivity index (χ1) is 13.9. The zero-order chi connectivity index (χ0) is 20.6. The average Bonchev–Trinajstić information content (AvgIpc) is 3.12. The van der Waals surface area contributed by atoms with Gasteiger partial charge < -0.3 is 9.64 Å². The quantitative estimate of drug-likeness (QED) is 0.663. The van der Waals surface area contributed by atoms with Gasteiger partial charge in [0.05, 0.1) is 18.5 Å². The zero-order valence-corrected chi connectivity index (χ0v) is 15.7. The standard InChI is InChI=1S/C20H19F3N4O2/c1-2-29-17-4-3-13(11-14(17)21)27-8-5-15-18(27)24-12-16(25-15)19(28)26-9-6-20(22,23)7-10-26/h3-5,8,11-12H,2,6-7,9-10H2,1H3. The highest BCUT2D eigenvalue weighted by molar-refractivity contribution is 5.93. The fraction of sp³-hybridized carbons (Fsp3) is 0.350. The molecule has 0 saturated carbocycles. The van der Waals surface area contributed by atoms with Crippen LogP contribution in [0.4, 0.5) is 13.2 Å². The highest BCUT2D eigenvalue weighted by Gasteiger charge is 2.36. The first kappa shape index (κ1) is 19.2. The van der Waals surface area contributed by atoms with E-state index >= 15 is 0 Å². The maximum absolute atomic E-state index is 14.2. The molecule has 1 amide bonds. The van der Waals surface area contributed by atoms with Gasteiger partial charge in [0.25, 0.3) is 11.8 Å². The lowest BCUT2D eigenvalue weighted by Gasteiger charge is -2.31. The summed E-state index contributed by atoms with van der Waals surface area (Å²) < 4.78 is 47.7. The number of rotatable bonds is 4. The molecule has 0 spiro atoms. The topological polar surface area (TPSA) is 60.3 Å². The predicted octanol–water partition coefficient (Wildman–Crippen LogP) is 3.83. The lowest BCUT2D eigenvalue weighted by atomic mass is 10.1. The van der Waals surface area contributed by atoms with E-state index in [4.69, 9.17) is 4.74 Å². The summed E-state index contributed by atoms with van der Waals surface area (Å²) in [5, 5.41) is 0. The van der Waals surface area contributed by atoms with Crippen molar-refractivity contribution in [3.8, 4) is 11.4 Å². The third-order valence-corrected chi connectivity index (χ3v) is 4.88. The zero-order valence-electron chi connectivity index (χ0n) is 15.7. The number of likely N-dealkylation sites (tertiary alicyclic amines) is 1. The van der Waals surface area contributed by atoms with Crippen LogP contribution in [0.2, 0.25) is 0 Å².